The van der Waals surface area contributed by atoms with Gasteiger partial charge in [-0.15, -0.1) is 0 Å². The summed E-state index contributed by atoms with van der Waals surface area (Å²) in [5, 5.41) is 6.87. The van der Waals surface area contributed by atoms with Gasteiger partial charge in [-0.25, -0.2) is 9.97 Å². The summed E-state index contributed by atoms with van der Waals surface area (Å²) in [6, 6.07) is 10.2. The minimum atomic E-state index is -0.643. The van der Waals surface area contributed by atoms with Gasteiger partial charge in [-0.05, 0) is 69.6 Å². The lowest BCUT2D eigenvalue weighted by atomic mass is 10.1. The number of ether oxygens (including phenoxy) is 1. The lowest BCUT2D eigenvalue weighted by molar-refractivity contribution is 0.0904. The Morgan fingerprint density at radius 3 is 2.47 bits per heavy atom. The number of hydrogen-bond acceptors (Lipinski definition) is 9. The van der Waals surface area contributed by atoms with Gasteiger partial charge >= 0.3 is 0 Å². The number of aryl methyl sites for hydroxylation is 2. The summed E-state index contributed by atoms with van der Waals surface area (Å²) in [5.74, 6) is 0.282. The molecule has 2 aliphatic rings. The van der Waals surface area contributed by atoms with E-state index < -0.39 is 5.91 Å². The van der Waals surface area contributed by atoms with Gasteiger partial charge < -0.3 is 30.9 Å². The van der Waals surface area contributed by atoms with Gasteiger partial charge in [0.2, 0.25) is 0 Å². The Morgan fingerprint density at radius 1 is 1.03 bits per heavy atom. The second kappa shape index (κ2) is 11.3. The van der Waals surface area contributed by atoms with Crippen LogP contribution < -0.4 is 21.3 Å². The Hall–Kier alpha value is -3.76. The van der Waals surface area contributed by atoms with E-state index in [0.717, 1.165) is 61.5 Å². The summed E-state index contributed by atoms with van der Waals surface area (Å²) in [4.78, 5) is 31.2. The van der Waals surface area contributed by atoms with Crippen molar-refractivity contribution in [1.29, 1.82) is 0 Å². The number of anilines is 4. The van der Waals surface area contributed by atoms with E-state index in [1.54, 1.807) is 6.20 Å². The fraction of sp³-hybridized carbons (Fsp3) is 0.429. The second-order valence-electron chi connectivity index (χ2n) is 10.1. The molecule has 1 amide bonds. The molecule has 0 saturated carbocycles. The van der Waals surface area contributed by atoms with Crippen LogP contribution in [0.25, 0.3) is 11.3 Å². The van der Waals surface area contributed by atoms with Gasteiger partial charge in [0.05, 0.1) is 0 Å². The molecule has 0 unspecified atom stereocenters. The molecule has 0 radical (unpaired) electrons. The van der Waals surface area contributed by atoms with E-state index >= 15 is 0 Å². The first-order valence-corrected chi connectivity index (χ1v) is 13.2. The highest BCUT2D eigenvalue weighted by molar-refractivity contribution is 5.97. The third kappa shape index (κ3) is 5.87. The van der Waals surface area contributed by atoms with Gasteiger partial charge in [-0.1, -0.05) is 0 Å². The number of likely N-dealkylation sites (N-methyl/N-ethyl adjacent to an activating group) is 1. The fourth-order valence-corrected chi connectivity index (χ4v) is 5.00. The van der Waals surface area contributed by atoms with Gasteiger partial charge in [0.1, 0.15) is 5.69 Å². The van der Waals surface area contributed by atoms with Crippen molar-refractivity contribution in [2.75, 3.05) is 62.0 Å². The summed E-state index contributed by atoms with van der Waals surface area (Å²) in [6.07, 6.45) is 3.46. The molecule has 3 aromatic rings. The fourth-order valence-electron chi connectivity index (χ4n) is 5.00. The molecule has 0 atom stereocenters. The number of rotatable bonds is 7. The van der Waals surface area contributed by atoms with Crippen molar-refractivity contribution in [1.82, 2.24) is 19.9 Å². The summed E-state index contributed by atoms with van der Waals surface area (Å²) >= 11 is 0. The number of hydrogen-bond donors (Lipinski definition) is 3. The molecule has 2 fully saturated rings. The minimum Gasteiger partial charge on any atom is -0.381 e. The number of pyridine rings is 1. The quantitative estimate of drug-likeness (QED) is 0.434. The van der Waals surface area contributed by atoms with E-state index in [4.69, 9.17) is 20.4 Å². The smallest absolute Gasteiger partial charge is 0.271 e. The van der Waals surface area contributed by atoms with Gasteiger partial charge in [-0.2, -0.15) is 0 Å². The average molecular weight is 517 g/mol. The third-order valence-electron chi connectivity index (χ3n) is 7.16. The Morgan fingerprint density at radius 2 is 1.79 bits per heavy atom. The van der Waals surface area contributed by atoms with Crippen LogP contribution in [-0.2, 0) is 4.74 Å². The lowest BCUT2D eigenvalue weighted by Crippen LogP contribution is -2.44. The zero-order chi connectivity index (χ0) is 26.6. The standard InChI is InChI=1S/C28H36N8O2/c1-18-16-22(4-5-23(18)36-12-10-35(3)11-13-36)32-28-25(26(29)37)33-24(20-6-9-30-19(2)17-20)27(34-28)31-21-7-14-38-15-8-21/h4-6,9,16-17,21H,7-8,10-15H2,1-3H3,(H2,29,37)(H2,31,32,34). The largest absolute Gasteiger partial charge is 0.381 e. The maximum absolute atomic E-state index is 12.5. The van der Waals surface area contributed by atoms with Crippen molar-refractivity contribution in [2.45, 2.75) is 32.7 Å². The number of nitrogens with two attached hydrogens (primary N) is 1. The Kier molecular flexibility index (Phi) is 7.71. The number of piperazine rings is 1. The van der Waals surface area contributed by atoms with Crippen molar-refractivity contribution in [3.05, 3.63) is 53.5 Å². The van der Waals surface area contributed by atoms with E-state index in [1.807, 2.05) is 25.1 Å². The number of amides is 1. The topological polar surface area (TPSA) is 122 Å². The van der Waals surface area contributed by atoms with Crippen LogP contribution in [0.2, 0.25) is 0 Å². The van der Waals surface area contributed by atoms with Crippen LogP contribution in [-0.4, -0.2) is 78.2 Å². The predicted molar refractivity (Wildman–Crippen MR) is 150 cm³/mol. The molecular formula is C28H36N8O2. The molecule has 2 aliphatic heterocycles. The van der Waals surface area contributed by atoms with Gasteiger partial charge in [-0.3, -0.25) is 9.78 Å². The summed E-state index contributed by atoms with van der Waals surface area (Å²) in [6.45, 7) is 9.49. The number of primary amides is 1. The van der Waals surface area contributed by atoms with Crippen LogP contribution in [0.5, 0.6) is 0 Å². The van der Waals surface area contributed by atoms with Crippen LogP contribution in [0.3, 0.4) is 0 Å². The van der Waals surface area contributed by atoms with E-state index in [-0.39, 0.29) is 11.7 Å². The summed E-state index contributed by atoms with van der Waals surface area (Å²) < 4.78 is 5.53. The van der Waals surface area contributed by atoms with Crippen molar-refractivity contribution < 1.29 is 9.53 Å². The maximum Gasteiger partial charge on any atom is 0.271 e. The molecule has 10 nitrogen and oxygen atoms in total. The molecule has 4 heterocycles. The minimum absolute atomic E-state index is 0.0905. The zero-order valence-corrected chi connectivity index (χ0v) is 22.3. The number of nitrogens with zero attached hydrogens (tertiary/aromatic N) is 5. The van der Waals surface area contributed by atoms with E-state index in [0.29, 0.717) is 30.5 Å². The molecule has 4 N–H and O–H groups in total. The van der Waals surface area contributed by atoms with Gasteiger partial charge in [0, 0.05) is 74.3 Å². The number of carbonyl (C=O) groups excluding carboxylic acids is 1. The van der Waals surface area contributed by atoms with Crippen LogP contribution in [0.15, 0.2) is 36.5 Å². The number of nitrogens with one attached hydrogen (secondary N) is 2. The highest BCUT2D eigenvalue weighted by atomic mass is 16.5. The van der Waals surface area contributed by atoms with Crippen LogP contribution in [0, 0.1) is 13.8 Å². The van der Waals surface area contributed by atoms with Crippen molar-refractivity contribution >= 4 is 28.9 Å². The van der Waals surface area contributed by atoms with Gasteiger partial charge in [0.15, 0.2) is 17.3 Å². The summed E-state index contributed by atoms with van der Waals surface area (Å²) in [5.41, 5.74) is 11.3. The third-order valence-corrected chi connectivity index (χ3v) is 7.16. The molecule has 10 heteroatoms. The lowest BCUT2D eigenvalue weighted by Gasteiger charge is -2.35. The number of carbonyl (C=O) groups is 1. The van der Waals surface area contributed by atoms with E-state index in [9.17, 15) is 4.79 Å². The number of benzene rings is 1. The first-order valence-electron chi connectivity index (χ1n) is 13.2. The van der Waals surface area contributed by atoms with E-state index in [2.05, 4.69) is 51.5 Å². The molecule has 200 valence electrons. The normalized spacial score (nSPS) is 16.9. The van der Waals surface area contributed by atoms with Crippen molar-refractivity contribution in [2.24, 2.45) is 5.73 Å². The molecule has 5 rings (SSSR count). The van der Waals surface area contributed by atoms with Gasteiger partial charge in [0.25, 0.3) is 5.91 Å². The molecule has 2 saturated heterocycles. The van der Waals surface area contributed by atoms with Crippen LogP contribution in [0.4, 0.5) is 23.0 Å². The first kappa shape index (κ1) is 25.9. The first-order chi connectivity index (χ1) is 18.4. The summed E-state index contributed by atoms with van der Waals surface area (Å²) in [7, 11) is 2.15. The predicted octanol–water partition coefficient (Wildman–Crippen LogP) is 3.34. The molecule has 38 heavy (non-hydrogen) atoms. The molecule has 0 spiro atoms. The molecule has 0 bridgehead atoms. The Balaban J connectivity index is 1.49. The maximum atomic E-state index is 12.5. The van der Waals surface area contributed by atoms with E-state index in [1.165, 1.54) is 5.69 Å². The van der Waals surface area contributed by atoms with Crippen molar-refractivity contribution in [3.8, 4) is 11.3 Å². The molecule has 0 aliphatic carbocycles. The highest BCUT2D eigenvalue weighted by Gasteiger charge is 2.23. The van der Waals surface area contributed by atoms with Crippen molar-refractivity contribution in [3.63, 3.8) is 0 Å². The SMILES string of the molecule is Cc1cc(-c2nc(C(N)=O)c(Nc3ccc(N4CCN(C)CC4)c(C)c3)nc2NC2CCOCC2)ccn1. The Labute approximate surface area is 223 Å². The van der Waals surface area contributed by atoms with Crippen LogP contribution >= 0.6 is 0 Å². The monoisotopic (exact) mass is 516 g/mol. The van der Waals surface area contributed by atoms with Crippen LogP contribution in [0.1, 0.15) is 34.6 Å². The average Bonchev–Trinajstić information content (AvgIpc) is 2.90. The number of aromatic nitrogens is 3. The molecule has 2 aromatic heterocycles. The highest BCUT2D eigenvalue weighted by Crippen LogP contribution is 2.32. The zero-order valence-electron chi connectivity index (χ0n) is 22.3. The molecular weight excluding hydrogens is 480 g/mol. The second-order valence-corrected chi connectivity index (χ2v) is 10.1. The molecule has 1 aromatic carbocycles. The Bertz CT molecular complexity index is 1300.